The topological polar surface area (TPSA) is 80.4 Å². The molecule has 0 aromatic carbocycles. The molecule has 7 nitrogen and oxygen atoms in total. The van der Waals surface area contributed by atoms with E-state index in [0.29, 0.717) is 18.8 Å². The Bertz CT molecular complexity index is 502. The number of hydrogen-bond acceptors (Lipinski definition) is 4. The Morgan fingerprint density at radius 1 is 1.40 bits per heavy atom. The van der Waals surface area contributed by atoms with Gasteiger partial charge in [0.15, 0.2) is 0 Å². The zero-order valence-corrected chi connectivity index (χ0v) is 11.8. The highest BCUT2D eigenvalue weighted by atomic mass is 16.6. The molecule has 1 aliphatic heterocycles. The second kappa shape index (κ2) is 6.04. The van der Waals surface area contributed by atoms with Crippen LogP contribution in [0.2, 0.25) is 0 Å². The fourth-order valence-electron chi connectivity index (χ4n) is 2.37. The number of nitrogens with zero attached hydrogens (tertiary/aromatic N) is 3. The van der Waals surface area contributed by atoms with Crippen molar-refractivity contribution in [3.63, 3.8) is 0 Å². The predicted octanol–water partition coefficient (Wildman–Crippen LogP) is 1.41. The van der Waals surface area contributed by atoms with Crippen LogP contribution in [0.4, 0.5) is 5.69 Å². The van der Waals surface area contributed by atoms with E-state index in [-0.39, 0.29) is 17.6 Å². The predicted molar refractivity (Wildman–Crippen MR) is 74.9 cm³/mol. The molecule has 2 rings (SSSR count). The summed E-state index contributed by atoms with van der Waals surface area (Å²) in [7, 11) is 0. The third-order valence-corrected chi connectivity index (χ3v) is 3.45. The van der Waals surface area contributed by atoms with Crippen LogP contribution in [0.3, 0.4) is 0 Å². The molecule has 0 radical (unpaired) electrons. The normalized spacial score (nSPS) is 16.2. The van der Waals surface area contributed by atoms with Crippen LogP contribution in [0, 0.1) is 10.1 Å². The van der Waals surface area contributed by atoms with Gasteiger partial charge in [-0.1, -0.05) is 0 Å². The van der Waals surface area contributed by atoms with Crippen molar-refractivity contribution in [1.82, 2.24) is 14.8 Å². The van der Waals surface area contributed by atoms with Crippen LogP contribution in [-0.4, -0.2) is 46.5 Å². The number of carbonyl (C=O) groups excluding carboxylic acids is 1. The standard InChI is InChI=1S/C13H20N4O3/c1-10(2)16-9-11(17(19)20)8-12(16)13(18)15-6-3-4-14-5-7-15/h8-10,14H,3-7H2,1-2H3. The summed E-state index contributed by atoms with van der Waals surface area (Å²) in [5.74, 6) is -0.129. The van der Waals surface area contributed by atoms with Crippen molar-refractivity contribution >= 4 is 11.6 Å². The minimum atomic E-state index is -0.459. The average Bonchev–Trinajstić information content (AvgIpc) is 2.68. The van der Waals surface area contributed by atoms with E-state index in [1.54, 1.807) is 9.47 Å². The van der Waals surface area contributed by atoms with Gasteiger partial charge in [-0.3, -0.25) is 14.9 Å². The lowest BCUT2D eigenvalue weighted by atomic mass is 10.3. The molecule has 0 unspecified atom stereocenters. The molecule has 1 saturated heterocycles. The molecular formula is C13H20N4O3. The minimum absolute atomic E-state index is 0.00718. The van der Waals surface area contributed by atoms with Crippen molar-refractivity contribution < 1.29 is 9.72 Å². The monoisotopic (exact) mass is 280 g/mol. The zero-order chi connectivity index (χ0) is 14.7. The van der Waals surface area contributed by atoms with E-state index >= 15 is 0 Å². The van der Waals surface area contributed by atoms with Crippen LogP contribution < -0.4 is 5.32 Å². The molecule has 1 aromatic heterocycles. The summed E-state index contributed by atoms with van der Waals surface area (Å²) in [5, 5.41) is 14.1. The molecule has 1 amide bonds. The lowest BCUT2D eigenvalue weighted by Gasteiger charge is -2.21. The lowest BCUT2D eigenvalue weighted by Crippen LogP contribution is -2.35. The van der Waals surface area contributed by atoms with Crippen LogP contribution in [0.1, 0.15) is 36.8 Å². The molecule has 20 heavy (non-hydrogen) atoms. The van der Waals surface area contributed by atoms with Gasteiger partial charge >= 0.3 is 0 Å². The smallest absolute Gasteiger partial charge is 0.287 e. The third-order valence-electron chi connectivity index (χ3n) is 3.45. The Balaban J connectivity index is 2.29. The van der Waals surface area contributed by atoms with Crippen molar-refractivity contribution in [2.24, 2.45) is 0 Å². The summed E-state index contributed by atoms with van der Waals surface area (Å²) < 4.78 is 1.68. The summed E-state index contributed by atoms with van der Waals surface area (Å²) in [6.07, 6.45) is 2.34. The largest absolute Gasteiger partial charge is 0.336 e. The summed E-state index contributed by atoms with van der Waals surface area (Å²) in [4.78, 5) is 24.8. The van der Waals surface area contributed by atoms with Gasteiger partial charge in [-0.05, 0) is 26.8 Å². The Morgan fingerprint density at radius 3 is 2.80 bits per heavy atom. The molecule has 0 saturated carbocycles. The first kappa shape index (κ1) is 14.5. The molecule has 0 spiro atoms. The van der Waals surface area contributed by atoms with Crippen molar-refractivity contribution in [3.05, 3.63) is 28.1 Å². The van der Waals surface area contributed by atoms with Crippen molar-refractivity contribution in [2.45, 2.75) is 26.3 Å². The Morgan fingerprint density at radius 2 is 2.15 bits per heavy atom. The van der Waals surface area contributed by atoms with E-state index in [4.69, 9.17) is 0 Å². The first-order valence-electron chi connectivity index (χ1n) is 6.87. The first-order chi connectivity index (χ1) is 9.50. The molecule has 0 bridgehead atoms. The highest BCUT2D eigenvalue weighted by Crippen LogP contribution is 2.22. The fraction of sp³-hybridized carbons (Fsp3) is 0.615. The molecule has 7 heteroatoms. The molecular weight excluding hydrogens is 260 g/mol. The summed E-state index contributed by atoms with van der Waals surface area (Å²) in [5.41, 5.74) is 0.364. The van der Waals surface area contributed by atoms with Crippen LogP contribution in [0.5, 0.6) is 0 Å². The summed E-state index contributed by atoms with van der Waals surface area (Å²) in [6.45, 7) is 6.79. The molecule has 1 N–H and O–H groups in total. The summed E-state index contributed by atoms with van der Waals surface area (Å²) in [6, 6.07) is 1.38. The number of rotatable bonds is 3. The maximum atomic E-state index is 12.6. The van der Waals surface area contributed by atoms with Gasteiger partial charge in [0.2, 0.25) is 0 Å². The maximum Gasteiger partial charge on any atom is 0.287 e. The Hall–Kier alpha value is -1.89. The SMILES string of the molecule is CC(C)n1cc([N+](=O)[O-])cc1C(=O)N1CCCNCC1. The number of nitro groups is 1. The van der Waals surface area contributed by atoms with Crippen LogP contribution in [0.15, 0.2) is 12.3 Å². The van der Waals surface area contributed by atoms with E-state index in [0.717, 1.165) is 19.5 Å². The third kappa shape index (κ3) is 2.98. The quantitative estimate of drug-likeness (QED) is 0.670. The second-order valence-electron chi connectivity index (χ2n) is 5.24. The Kier molecular flexibility index (Phi) is 4.39. The van der Waals surface area contributed by atoms with Crippen molar-refractivity contribution in [1.29, 1.82) is 0 Å². The van der Waals surface area contributed by atoms with Crippen molar-refractivity contribution in [3.8, 4) is 0 Å². The van der Waals surface area contributed by atoms with Gasteiger partial charge in [-0.25, -0.2) is 0 Å². The van der Waals surface area contributed by atoms with E-state index in [2.05, 4.69) is 5.32 Å². The van der Waals surface area contributed by atoms with Gasteiger partial charge in [-0.2, -0.15) is 0 Å². The van der Waals surface area contributed by atoms with Gasteiger partial charge in [0.1, 0.15) is 5.69 Å². The van der Waals surface area contributed by atoms with E-state index in [9.17, 15) is 14.9 Å². The molecule has 1 fully saturated rings. The average molecular weight is 280 g/mol. The fourth-order valence-corrected chi connectivity index (χ4v) is 2.37. The molecule has 2 heterocycles. The number of nitrogens with one attached hydrogen (secondary N) is 1. The molecule has 110 valence electrons. The first-order valence-corrected chi connectivity index (χ1v) is 6.87. The van der Waals surface area contributed by atoms with Crippen molar-refractivity contribution in [2.75, 3.05) is 26.2 Å². The van der Waals surface area contributed by atoms with Gasteiger partial charge in [0.25, 0.3) is 11.6 Å². The highest BCUT2D eigenvalue weighted by molar-refractivity contribution is 5.93. The van der Waals surface area contributed by atoms with Gasteiger partial charge in [0.05, 0.1) is 11.1 Å². The number of amides is 1. The lowest BCUT2D eigenvalue weighted by molar-refractivity contribution is -0.384. The van der Waals surface area contributed by atoms with Crippen LogP contribution in [0.25, 0.3) is 0 Å². The number of hydrogen-bond donors (Lipinski definition) is 1. The molecule has 1 aliphatic rings. The molecule has 1 aromatic rings. The Labute approximate surface area is 117 Å². The highest BCUT2D eigenvalue weighted by Gasteiger charge is 2.25. The van der Waals surface area contributed by atoms with E-state index in [1.807, 2.05) is 13.8 Å². The maximum absolute atomic E-state index is 12.6. The molecule has 0 atom stereocenters. The van der Waals surface area contributed by atoms with E-state index in [1.165, 1.54) is 12.3 Å². The van der Waals surface area contributed by atoms with Gasteiger partial charge in [-0.15, -0.1) is 0 Å². The van der Waals surface area contributed by atoms with Gasteiger partial charge < -0.3 is 14.8 Å². The number of carbonyl (C=O) groups is 1. The van der Waals surface area contributed by atoms with E-state index < -0.39 is 4.92 Å². The zero-order valence-electron chi connectivity index (χ0n) is 11.8. The second-order valence-corrected chi connectivity index (χ2v) is 5.24. The minimum Gasteiger partial charge on any atom is -0.336 e. The number of aromatic nitrogens is 1. The summed E-state index contributed by atoms with van der Waals surface area (Å²) >= 11 is 0. The van der Waals surface area contributed by atoms with Crippen LogP contribution >= 0.6 is 0 Å². The van der Waals surface area contributed by atoms with Gasteiger partial charge in [0, 0.05) is 31.7 Å². The van der Waals surface area contributed by atoms with Crippen LogP contribution in [-0.2, 0) is 0 Å². The molecule has 0 aliphatic carbocycles.